The van der Waals surface area contributed by atoms with Gasteiger partial charge in [0.2, 0.25) is 0 Å². The molecule has 0 atom stereocenters. The van der Waals surface area contributed by atoms with Crippen LogP contribution in [0.2, 0.25) is 0 Å². The molecule has 0 aliphatic rings. The van der Waals surface area contributed by atoms with Crippen LogP contribution in [0.5, 0.6) is 0 Å². The fourth-order valence-corrected chi connectivity index (χ4v) is 3.49. The van der Waals surface area contributed by atoms with E-state index < -0.39 is 0 Å². The Morgan fingerprint density at radius 2 is 1.00 bits per heavy atom. The summed E-state index contributed by atoms with van der Waals surface area (Å²) in [7, 11) is 0.291. The zero-order valence-electron chi connectivity index (χ0n) is 11.3. The summed E-state index contributed by atoms with van der Waals surface area (Å²) in [5.74, 6) is 0. The molecule has 0 aromatic carbocycles. The second-order valence-electron chi connectivity index (χ2n) is 6.92. The Hall–Kier alpha value is 0.430. The first kappa shape index (κ1) is 14.4. The second kappa shape index (κ2) is 5.50. The van der Waals surface area contributed by atoms with Crippen molar-refractivity contribution < 1.29 is 0 Å². The topological polar surface area (TPSA) is 0 Å². The molecule has 0 rings (SSSR count). The highest BCUT2D eigenvalue weighted by Crippen LogP contribution is 2.38. The average molecular weight is 216 g/mol. The Morgan fingerprint density at radius 3 is 1.21 bits per heavy atom. The van der Waals surface area contributed by atoms with Crippen molar-refractivity contribution in [3.8, 4) is 0 Å². The highest BCUT2D eigenvalue weighted by molar-refractivity contribution is 7.56. The molecule has 0 heterocycles. The quantitative estimate of drug-likeness (QED) is 0.582. The van der Waals surface area contributed by atoms with Crippen LogP contribution in [0.4, 0.5) is 0 Å². The Kier molecular flexibility index (Phi) is 5.67. The highest BCUT2D eigenvalue weighted by Gasteiger charge is 2.15. The monoisotopic (exact) mass is 216 g/mol. The fraction of sp³-hybridized carbons (Fsp3) is 1.00. The molecule has 0 amide bonds. The van der Waals surface area contributed by atoms with E-state index in [0.29, 0.717) is 18.8 Å². The van der Waals surface area contributed by atoms with E-state index in [2.05, 4.69) is 48.2 Å². The molecule has 0 fully saturated rings. The van der Waals surface area contributed by atoms with Crippen molar-refractivity contribution in [2.75, 3.05) is 19.0 Å². The Balaban J connectivity index is 3.62. The number of hydrogen-bond acceptors (Lipinski definition) is 0. The molecule has 0 saturated carbocycles. The Morgan fingerprint density at radius 1 is 0.714 bits per heavy atom. The van der Waals surface area contributed by atoms with Crippen molar-refractivity contribution >= 4 is 7.92 Å². The molecule has 0 N–H and O–H groups in total. The van der Waals surface area contributed by atoms with Gasteiger partial charge in [0.05, 0.1) is 0 Å². The van der Waals surface area contributed by atoms with Crippen molar-refractivity contribution in [1.82, 2.24) is 0 Å². The summed E-state index contributed by atoms with van der Waals surface area (Å²) in [6.45, 7) is 16.5. The Bertz CT molecular complexity index is 130. The van der Waals surface area contributed by atoms with Crippen LogP contribution < -0.4 is 0 Å². The molecule has 0 spiro atoms. The van der Waals surface area contributed by atoms with Crippen LogP contribution in [0.1, 0.15) is 54.4 Å². The largest absolute Gasteiger partial charge is 0.110 e. The van der Waals surface area contributed by atoms with Crippen LogP contribution in [0.15, 0.2) is 0 Å². The molecular formula is C13H29P. The third-order valence-corrected chi connectivity index (χ3v) is 4.46. The molecule has 14 heavy (non-hydrogen) atoms. The summed E-state index contributed by atoms with van der Waals surface area (Å²) < 4.78 is 0. The van der Waals surface area contributed by atoms with Gasteiger partial charge in [0.25, 0.3) is 0 Å². The molecule has 0 aromatic rings. The van der Waals surface area contributed by atoms with Crippen LogP contribution in [-0.4, -0.2) is 19.0 Å². The third kappa shape index (κ3) is 10.5. The molecular weight excluding hydrogens is 187 g/mol. The highest BCUT2D eigenvalue weighted by atomic mass is 31.1. The minimum absolute atomic E-state index is 0.291. The van der Waals surface area contributed by atoms with E-state index in [1.54, 1.807) is 0 Å². The van der Waals surface area contributed by atoms with Crippen molar-refractivity contribution in [3.05, 3.63) is 0 Å². The molecule has 0 radical (unpaired) electrons. The predicted octanol–water partition coefficient (Wildman–Crippen LogP) is 4.97. The summed E-state index contributed by atoms with van der Waals surface area (Å²) in [6, 6.07) is 0. The SMILES string of the molecule is CP(CCC(C)(C)C)CCC(C)(C)C. The molecule has 0 saturated heterocycles. The molecule has 0 aromatic heterocycles. The van der Waals surface area contributed by atoms with Gasteiger partial charge < -0.3 is 0 Å². The minimum atomic E-state index is 0.291. The fourth-order valence-electron chi connectivity index (χ4n) is 1.16. The van der Waals surface area contributed by atoms with Crippen molar-refractivity contribution in [2.45, 2.75) is 54.4 Å². The van der Waals surface area contributed by atoms with E-state index in [9.17, 15) is 0 Å². The van der Waals surface area contributed by atoms with Gasteiger partial charge in [-0.2, -0.15) is 0 Å². The summed E-state index contributed by atoms with van der Waals surface area (Å²) in [4.78, 5) is 0. The summed E-state index contributed by atoms with van der Waals surface area (Å²) >= 11 is 0. The van der Waals surface area contributed by atoms with E-state index in [0.717, 1.165) is 0 Å². The molecule has 1 heteroatoms. The molecule has 0 aliphatic carbocycles. The lowest BCUT2D eigenvalue weighted by Gasteiger charge is -2.24. The van der Waals surface area contributed by atoms with Crippen LogP contribution in [0.25, 0.3) is 0 Å². The van der Waals surface area contributed by atoms with Crippen LogP contribution in [0, 0.1) is 10.8 Å². The zero-order chi connectivity index (χ0) is 11.4. The first-order valence-corrected chi connectivity index (χ1v) is 7.95. The van der Waals surface area contributed by atoms with Gasteiger partial charge in [0, 0.05) is 0 Å². The normalized spacial score (nSPS) is 13.7. The second-order valence-corrected chi connectivity index (χ2v) is 9.53. The number of rotatable bonds is 4. The van der Waals surface area contributed by atoms with Gasteiger partial charge in [-0.15, -0.1) is 7.92 Å². The maximum absolute atomic E-state index is 2.47. The third-order valence-electron chi connectivity index (χ3n) is 2.49. The van der Waals surface area contributed by atoms with Gasteiger partial charge in [-0.25, -0.2) is 0 Å². The zero-order valence-corrected chi connectivity index (χ0v) is 12.2. The van der Waals surface area contributed by atoms with E-state index in [1.165, 1.54) is 25.2 Å². The summed E-state index contributed by atoms with van der Waals surface area (Å²) in [6.07, 6.45) is 5.68. The van der Waals surface area contributed by atoms with Gasteiger partial charge in [0.1, 0.15) is 0 Å². The van der Waals surface area contributed by atoms with Crippen LogP contribution in [0.3, 0.4) is 0 Å². The van der Waals surface area contributed by atoms with Crippen molar-refractivity contribution in [3.63, 3.8) is 0 Å². The van der Waals surface area contributed by atoms with Gasteiger partial charge in [-0.3, -0.25) is 0 Å². The van der Waals surface area contributed by atoms with E-state index in [4.69, 9.17) is 0 Å². The molecule has 86 valence electrons. The first-order valence-electron chi connectivity index (χ1n) is 5.79. The number of hydrogen-bond donors (Lipinski definition) is 0. The van der Waals surface area contributed by atoms with Gasteiger partial charge in [-0.05, 0) is 42.7 Å². The minimum Gasteiger partial charge on any atom is -0.110 e. The van der Waals surface area contributed by atoms with Crippen LogP contribution in [-0.2, 0) is 0 Å². The molecule has 0 aliphatic heterocycles. The first-order chi connectivity index (χ1) is 6.10. The average Bonchev–Trinajstić information content (AvgIpc) is 1.94. The van der Waals surface area contributed by atoms with Gasteiger partial charge in [-0.1, -0.05) is 41.5 Å². The van der Waals surface area contributed by atoms with E-state index in [-0.39, 0.29) is 0 Å². The molecule has 0 nitrogen and oxygen atoms in total. The standard InChI is InChI=1S/C13H29P/c1-12(2,3)8-10-14(7)11-9-13(4,5)6/h8-11H2,1-7H3. The van der Waals surface area contributed by atoms with Crippen molar-refractivity contribution in [2.24, 2.45) is 10.8 Å². The Labute approximate surface area is 92.6 Å². The maximum Gasteiger partial charge on any atom is -0.0323 e. The lowest BCUT2D eigenvalue weighted by atomic mass is 9.93. The summed E-state index contributed by atoms with van der Waals surface area (Å²) in [5, 5.41) is 0. The lowest BCUT2D eigenvalue weighted by molar-refractivity contribution is 0.395. The molecule has 0 bridgehead atoms. The smallest absolute Gasteiger partial charge is 0.0323 e. The lowest BCUT2D eigenvalue weighted by Crippen LogP contribution is -2.10. The van der Waals surface area contributed by atoms with Gasteiger partial charge in [0.15, 0.2) is 0 Å². The summed E-state index contributed by atoms with van der Waals surface area (Å²) in [5.41, 5.74) is 1.05. The molecule has 0 unspecified atom stereocenters. The van der Waals surface area contributed by atoms with Crippen LogP contribution >= 0.6 is 7.92 Å². The van der Waals surface area contributed by atoms with Crippen molar-refractivity contribution in [1.29, 1.82) is 0 Å². The van der Waals surface area contributed by atoms with Gasteiger partial charge >= 0.3 is 0 Å². The van der Waals surface area contributed by atoms with E-state index >= 15 is 0 Å². The predicted molar refractivity (Wildman–Crippen MR) is 70.7 cm³/mol. The van der Waals surface area contributed by atoms with E-state index in [1.807, 2.05) is 0 Å². The maximum atomic E-state index is 2.47.